The van der Waals surface area contributed by atoms with E-state index in [9.17, 15) is 23.1 Å². The summed E-state index contributed by atoms with van der Waals surface area (Å²) in [6, 6.07) is 0. The maximum absolute atomic E-state index is 13.3. The molecule has 0 aromatic carbocycles. The number of hydrogen-bond donors (Lipinski definition) is 1. The predicted octanol–water partition coefficient (Wildman–Crippen LogP) is 6.31. The van der Waals surface area contributed by atoms with Gasteiger partial charge in [0.05, 0.1) is 5.60 Å². The molecule has 4 aliphatic carbocycles. The van der Waals surface area contributed by atoms with Crippen LogP contribution < -0.4 is 0 Å². The number of aliphatic hydroxyl groups is 1. The quantitative estimate of drug-likeness (QED) is 0.575. The van der Waals surface area contributed by atoms with E-state index in [2.05, 4.69) is 20.8 Å². The summed E-state index contributed by atoms with van der Waals surface area (Å²) in [5, 5.41) is 10.9. The maximum Gasteiger partial charge on any atom is 0.450 e. The van der Waals surface area contributed by atoms with Gasteiger partial charge in [-0.1, -0.05) is 27.7 Å². The Morgan fingerprint density at radius 3 is 2.14 bits per heavy atom. The zero-order valence-corrected chi connectivity index (χ0v) is 18.4. The minimum atomic E-state index is -4.72. The molecule has 0 bridgehead atoms. The first-order chi connectivity index (χ1) is 13.3. The van der Waals surface area contributed by atoms with Gasteiger partial charge in [-0.15, -0.1) is 0 Å². The van der Waals surface area contributed by atoms with Crippen molar-refractivity contribution in [1.29, 1.82) is 0 Å². The highest BCUT2D eigenvalue weighted by Crippen LogP contribution is 2.73. The van der Waals surface area contributed by atoms with E-state index < -0.39 is 28.9 Å². The van der Waals surface area contributed by atoms with Crippen molar-refractivity contribution >= 4 is 5.78 Å². The summed E-state index contributed by atoms with van der Waals surface area (Å²) in [5.41, 5.74) is -0.916. The summed E-state index contributed by atoms with van der Waals surface area (Å²) in [4.78, 5) is 12.2. The van der Waals surface area contributed by atoms with Crippen molar-refractivity contribution in [2.75, 3.05) is 0 Å². The standard InChI is InChI=1S/C24H37F3O2/c1-5-23(29)13-12-20(2)15(14-23)8-10-22(4)17-7-6-16(19(28)24(25,26)27)21(17,3)11-9-18(20)22/h15-18,29H,5-14H2,1-4H3/t15-,16+,17+,18+,20-,21+,22-,23-/m0/s1. The Kier molecular flexibility index (Phi) is 4.82. The summed E-state index contributed by atoms with van der Waals surface area (Å²) in [6.07, 6.45) is 3.63. The Balaban J connectivity index is 1.64. The molecule has 0 aromatic rings. The molecular weight excluding hydrogens is 377 g/mol. The minimum absolute atomic E-state index is 0.000545. The van der Waals surface area contributed by atoms with Crippen LogP contribution in [-0.4, -0.2) is 22.7 Å². The SMILES string of the molecule is CC[C@]1(O)CC[C@@]2(C)[C@@H](CC[C@]3(C)[C@@H]2CC[C@@]2(C)[C@H]3CC[C@@H]2C(=O)C(F)(F)F)C1. The number of alkyl halides is 3. The molecule has 0 saturated heterocycles. The fourth-order valence-corrected chi connectivity index (χ4v) is 8.95. The normalized spacial score (nSPS) is 52.4. The van der Waals surface area contributed by atoms with Crippen LogP contribution in [0.25, 0.3) is 0 Å². The van der Waals surface area contributed by atoms with E-state index in [1.54, 1.807) is 0 Å². The van der Waals surface area contributed by atoms with E-state index in [-0.39, 0.29) is 16.7 Å². The number of halogens is 3. The molecule has 8 atom stereocenters. The highest BCUT2D eigenvalue weighted by Gasteiger charge is 2.67. The third kappa shape index (κ3) is 2.96. The molecule has 0 spiro atoms. The van der Waals surface area contributed by atoms with Crippen LogP contribution in [0.15, 0.2) is 0 Å². The first-order valence-corrected chi connectivity index (χ1v) is 11.6. The minimum Gasteiger partial charge on any atom is -0.390 e. The second kappa shape index (κ2) is 6.46. The molecule has 2 nitrogen and oxygen atoms in total. The maximum atomic E-state index is 13.3. The fourth-order valence-electron chi connectivity index (χ4n) is 8.95. The molecule has 0 unspecified atom stereocenters. The Hall–Kier alpha value is -0.580. The van der Waals surface area contributed by atoms with Gasteiger partial charge in [0.15, 0.2) is 0 Å². The van der Waals surface area contributed by atoms with Crippen LogP contribution in [0, 0.1) is 39.9 Å². The molecule has 0 heterocycles. The summed E-state index contributed by atoms with van der Waals surface area (Å²) in [6.45, 7) is 8.76. The van der Waals surface area contributed by atoms with Crippen molar-refractivity contribution in [1.82, 2.24) is 0 Å². The van der Waals surface area contributed by atoms with Crippen molar-refractivity contribution in [3.8, 4) is 0 Å². The van der Waals surface area contributed by atoms with Crippen molar-refractivity contribution in [2.24, 2.45) is 39.9 Å². The van der Waals surface area contributed by atoms with Crippen LogP contribution in [0.4, 0.5) is 13.2 Å². The lowest BCUT2D eigenvalue weighted by Crippen LogP contribution is -2.60. The molecule has 0 amide bonds. The van der Waals surface area contributed by atoms with Gasteiger partial charge in [-0.2, -0.15) is 13.2 Å². The molecule has 1 N–H and O–H groups in total. The molecule has 4 fully saturated rings. The summed E-state index contributed by atoms with van der Waals surface area (Å²) >= 11 is 0. The molecule has 4 saturated carbocycles. The molecule has 4 aliphatic rings. The van der Waals surface area contributed by atoms with Crippen LogP contribution in [0.1, 0.15) is 91.9 Å². The lowest BCUT2D eigenvalue weighted by Gasteiger charge is -2.66. The Labute approximate surface area is 173 Å². The third-order valence-electron chi connectivity index (χ3n) is 10.7. The lowest BCUT2D eigenvalue weighted by molar-refractivity contribution is -0.198. The van der Waals surface area contributed by atoms with Gasteiger partial charge in [0, 0.05) is 5.92 Å². The van der Waals surface area contributed by atoms with Crippen LogP contribution in [-0.2, 0) is 4.79 Å². The largest absolute Gasteiger partial charge is 0.450 e. The monoisotopic (exact) mass is 414 g/mol. The smallest absolute Gasteiger partial charge is 0.390 e. The molecule has 0 aliphatic heterocycles. The van der Waals surface area contributed by atoms with Crippen molar-refractivity contribution in [2.45, 2.75) is 104 Å². The Morgan fingerprint density at radius 1 is 0.897 bits per heavy atom. The average Bonchev–Trinajstić information content (AvgIpc) is 2.99. The van der Waals surface area contributed by atoms with Gasteiger partial charge in [-0.3, -0.25) is 4.79 Å². The van der Waals surface area contributed by atoms with Crippen LogP contribution in [0.2, 0.25) is 0 Å². The topological polar surface area (TPSA) is 37.3 Å². The van der Waals surface area contributed by atoms with Gasteiger partial charge in [0.2, 0.25) is 5.78 Å². The molecule has 0 aromatic heterocycles. The number of carbonyl (C=O) groups is 1. The van der Waals surface area contributed by atoms with Gasteiger partial charge < -0.3 is 5.11 Å². The number of hydrogen-bond acceptors (Lipinski definition) is 2. The second-order valence-corrected chi connectivity index (χ2v) is 11.7. The highest BCUT2D eigenvalue weighted by molar-refractivity contribution is 5.87. The van der Waals surface area contributed by atoms with Crippen LogP contribution >= 0.6 is 0 Å². The average molecular weight is 415 g/mol. The summed E-state index contributed by atoms with van der Waals surface area (Å²) < 4.78 is 39.8. The summed E-state index contributed by atoms with van der Waals surface area (Å²) in [7, 11) is 0. The van der Waals surface area contributed by atoms with Gasteiger partial charge >= 0.3 is 6.18 Å². The number of fused-ring (bicyclic) bond motifs is 5. The Morgan fingerprint density at radius 2 is 1.52 bits per heavy atom. The third-order valence-corrected chi connectivity index (χ3v) is 10.7. The van der Waals surface area contributed by atoms with E-state index in [1.165, 1.54) is 0 Å². The fraction of sp³-hybridized carbons (Fsp3) is 0.958. The first-order valence-electron chi connectivity index (χ1n) is 11.6. The molecule has 5 heteroatoms. The molecular formula is C24H37F3O2. The number of carbonyl (C=O) groups excluding carboxylic acids is 1. The number of ketones is 1. The van der Waals surface area contributed by atoms with Gasteiger partial charge in [0.1, 0.15) is 0 Å². The second-order valence-electron chi connectivity index (χ2n) is 11.7. The molecule has 166 valence electrons. The summed E-state index contributed by atoms with van der Waals surface area (Å²) in [5.74, 6) is -1.19. The highest BCUT2D eigenvalue weighted by atomic mass is 19.4. The van der Waals surface area contributed by atoms with E-state index in [0.29, 0.717) is 18.3 Å². The van der Waals surface area contributed by atoms with Crippen LogP contribution in [0.3, 0.4) is 0 Å². The number of Topliss-reactive ketones (excluding diaryl/α,β-unsaturated/α-hetero) is 1. The molecule has 0 radical (unpaired) electrons. The van der Waals surface area contributed by atoms with Gasteiger partial charge in [-0.25, -0.2) is 0 Å². The zero-order valence-electron chi connectivity index (χ0n) is 18.4. The zero-order chi connectivity index (χ0) is 21.5. The predicted molar refractivity (Wildman–Crippen MR) is 106 cm³/mol. The van der Waals surface area contributed by atoms with E-state index >= 15 is 0 Å². The Bertz CT molecular complexity index is 690. The van der Waals surface area contributed by atoms with E-state index in [1.807, 2.05) is 6.92 Å². The lowest BCUT2D eigenvalue weighted by atomic mass is 9.39. The van der Waals surface area contributed by atoms with Crippen molar-refractivity contribution < 1.29 is 23.1 Å². The molecule has 4 rings (SSSR count). The number of rotatable bonds is 2. The molecule has 29 heavy (non-hydrogen) atoms. The van der Waals surface area contributed by atoms with Crippen LogP contribution in [0.5, 0.6) is 0 Å². The van der Waals surface area contributed by atoms with Gasteiger partial charge in [0.25, 0.3) is 0 Å². The van der Waals surface area contributed by atoms with E-state index in [0.717, 1.165) is 57.8 Å². The van der Waals surface area contributed by atoms with Crippen molar-refractivity contribution in [3.63, 3.8) is 0 Å². The first kappa shape index (κ1) is 21.6. The van der Waals surface area contributed by atoms with E-state index in [4.69, 9.17) is 0 Å². The van der Waals surface area contributed by atoms with Crippen molar-refractivity contribution in [3.05, 3.63) is 0 Å². The van der Waals surface area contributed by atoms with Gasteiger partial charge in [-0.05, 0) is 98.2 Å².